The van der Waals surface area contributed by atoms with Crippen LogP contribution in [0.4, 0.5) is 11.4 Å². The van der Waals surface area contributed by atoms with Gasteiger partial charge in [-0.2, -0.15) is 0 Å². The molecular formula is C25H22N4O6S. The first-order valence-corrected chi connectivity index (χ1v) is 11.1. The summed E-state index contributed by atoms with van der Waals surface area (Å²) in [5.74, 6) is -0.389. The van der Waals surface area contributed by atoms with E-state index < -0.39 is 16.7 Å². The lowest BCUT2D eigenvalue weighted by Crippen LogP contribution is -2.54. The topological polar surface area (TPSA) is 116 Å². The SMILES string of the molecule is COc1ccccc1N1C(=O)/C(=C/c2cc(C)n(-c3cc([N+](=O)[O-])ccc3OC)c2C)C(=O)NC1=S. The normalized spacial score (nSPS) is 14.7. The number of nitro benzene ring substituents is 1. The molecule has 1 aliphatic rings. The van der Waals surface area contributed by atoms with E-state index in [-0.39, 0.29) is 16.4 Å². The van der Waals surface area contributed by atoms with Gasteiger partial charge in [-0.3, -0.25) is 25.0 Å². The molecule has 0 spiro atoms. The lowest BCUT2D eigenvalue weighted by molar-refractivity contribution is -0.384. The van der Waals surface area contributed by atoms with Crippen molar-refractivity contribution in [2.24, 2.45) is 0 Å². The minimum absolute atomic E-state index is 0.0570. The Labute approximate surface area is 211 Å². The lowest BCUT2D eigenvalue weighted by Gasteiger charge is -2.29. The summed E-state index contributed by atoms with van der Waals surface area (Å²) in [6.07, 6.45) is 1.48. The fraction of sp³-hybridized carbons (Fsp3) is 0.160. The first-order chi connectivity index (χ1) is 17.2. The number of aromatic nitrogens is 1. The zero-order valence-corrected chi connectivity index (χ0v) is 20.7. The van der Waals surface area contributed by atoms with E-state index in [2.05, 4.69) is 5.32 Å². The first kappa shape index (κ1) is 24.6. The molecule has 0 unspecified atom stereocenters. The van der Waals surface area contributed by atoms with Gasteiger partial charge in [-0.05, 0) is 62.0 Å². The number of benzene rings is 2. The van der Waals surface area contributed by atoms with Crippen molar-refractivity contribution >= 4 is 46.6 Å². The Balaban J connectivity index is 1.82. The standard InChI is InChI=1S/C25H22N4O6S/c1-14-11-16(15(2)27(14)20-13-17(29(32)33)9-10-22(20)35-4)12-18-23(30)26-25(36)28(24(18)31)19-7-5-6-8-21(19)34-3/h5-13H,1-4H3,(H,26,30,36)/b18-12+. The second kappa shape index (κ2) is 9.62. The summed E-state index contributed by atoms with van der Waals surface area (Å²) in [5, 5.41) is 13.9. The molecule has 3 aromatic rings. The second-order valence-corrected chi connectivity index (χ2v) is 8.29. The Bertz CT molecular complexity index is 1460. The van der Waals surface area contributed by atoms with Crippen molar-refractivity contribution in [1.82, 2.24) is 9.88 Å². The van der Waals surface area contributed by atoms with Crippen LogP contribution in [0.25, 0.3) is 11.8 Å². The van der Waals surface area contributed by atoms with Gasteiger partial charge in [0.25, 0.3) is 17.5 Å². The molecule has 36 heavy (non-hydrogen) atoms. The van der Waals surface area contributed by atoms with Crippen molar-refractivity contribution in [3.8, 4) is 17.2 Å². The molecule has 0 aliphatic carbocycles. The number of para-hydroxylation sites is 2. The summed E-state index contributed by atoms with van der Waals surface area (Å²) < 4.78 is 12.6. The number of nitrogens with one attached hydrogen (secondary N) is 1. The van der Waals surface area contributed by atoms with E-state index in [1.54, 1.807) is 41.8 Å². The molecule has 2 heterocycles. The number of aryl methyl sites for hydroxylation is 1. The van der Waals surface area contributed by atoms with E-state index >= 15 is 0 Å². The highest BCUT2D eigenvalue weighted by molar-refractivity contribution is 7.80. The average molecular weight is 507 g/mol. The van der Waals surface area contributed by atoms with Crippen molar-refractivity contribution in [2.75, 3.05) is 19.1 Å². The van der Waals surface area contributed by atoms with Crippen molar-refractivity contribution in [1.29, 1.82) is 0 Å². The molecule has 10 nitrogen and oxygen atoms in total. The van der Waals surface area contributed by atoms with Gasteiger partial charge in [-0.1, -0.05) is 12.1 Å². The molecule has 1 fully saturated rings. The van der Waals surface area contributed by atoms with Crippen molar-refractivity contribution in [3.05, 3.63) is 81.2 Å². The van der Waals surface area contributed by atoms with Crippen LogP contribution in [0.5, 0.6) is 11.5 Å². The maximum absolute atomic E-state index is 13.5. The predicted octanol–water partition coefficient (Wildman–Crippen LogP) is 3.85. The number of hydrogen-bond donors (Lipinski definition) is 1. The van der Waals surface area contributed by atoms with E-state index in [9.17, 15) is 19.7 Å². The highest BCUT2D eigenvalue weighted by atomic mass is 32.1. The van der Waals surface area contributed by atoms with Crippen LogP contribution in [0.2, 0.25) is 0 Å². The van der Waals surface area contributed by atoms with Crippen molar-refractivity contribution < 1.29 is 24.0 Å². The summed E-state index contributed by atoms with van der Waals surface area (Å²) in [4.78, 5) is 38.3. The highest BCUT2D eigenvalue weighted by Gasteiger charge is 2.36. The predicted molar refractivity (Wildman–Crippen MR) is 138 cm³/mol. The number of nitrogens with zero attached hydrogens (tertiary/aromatic N) is 3. The van der Waals surface area contributed by atoms with Gasteiger partial charge in [0.2, 0.25) is 0 Å². The molecule has 0 bridgehead atoms. The Morgan fingerprint density at radius 1 is 1.00 bits per heavy atom. The van der Waals surface area contributed by atoms with Gasteiger partial charge < -0.3 is 14.0 Å². The molecule has 0 radical (unpaired) electrons. The zero-order valence-electron chi connectivity index (χ0n) is 19.9. The first-order valence-electron chi connectivity index (χ1n) is 10.7. The molecule has 1 aliphatic heterocycles. The summed E-state index contributed by atoms with van der Waals surface area (Å²) in [6.45, 7) is 3.60. The number of hydrogen-bond acceptors (Lipinski definition) is 7. The molecule has 0 saturated carbocycles. The van der Waals surface area contributed by atoms with Crippen LogP contribution in [0.1, 0.15) is 17.0 Å². The molecule has 2 amide bonds. The van der Waals surface area contributed by atoms with E-state index in [1.165, 1.54) is 43.4 Å². The van der Waals surface area contributed by atoms with Gasteiger partial charge in [-0.25, -0.2) is 4.90 Å². The molecule has 184 valence electrons. The number of rotatable bonds is 6. The second-order valence-electron chi connectivity index (χ2n) is 7.90. The summed E-state index contributed by atoms with van der Waals surface area (Å²) in [7, 11) is 2.95. The summed E-state index contributed by atoms with van der Waals surface area (Å²) in [5.41, 5.74) is 2.58. The zero-order chi connectivity index (χ0) is 26.1. The number of methoxy groups -OCH3 is 2. The van der Waals surface area contributed by atoms with Crippen LogP contribution in [0.3, 0.4) is 0 Å². The van der Waals surface area contributed by atoms with E-state index in [1.807, 2.05) is 6.92 Å². The number of carbonyl (C=O) groups is 2. The molecule has 0 atom stereocenters. The smallest absolute Gasteiger partial charge is 0.271 e. The summed E-state index contributed by atoms with van der Waals surface area (Å²) in [6, 6.07) is 12.9. The van der Waals surface area contributed by atoms with Crippen molar-refractivity contribution in [2.45, 2.75) is 13.8 Å². The van der Waals surface area contributed by atoms with Gasteiger partial charge >= 0.3 is 0 Å². The number of amides is 2. The van der Waals surface area contributed by atoms with Crippen LogP contribution in [0, 0.1) is 24.0 Å². The number of carbonyl (C=O) groups excluding carboxylic acids is 2. The van der Waals surface area contributed by atoms with Crippen LogP contribution in [-0.4, -0.2) is 40.6 Å². The molecule has 4 rings (SSSR count). The Morgan fingerprint density at radius 3 is 2.33 bits per heavy atom. The fourth-order valence-corrected chi connectivity index (χ4v) is 4.39. The van der Waals surface area contributed by atoms with E-state index in [0.717, 1.165) is 5.69 Å². The third-order valence-corrected chi connectivity index (χ3v) is 6.10. The fourth-order valence-electron chi connectivity index (χ4n) is 4.12. The van der Waals surface area contributed by atoms with Crippen LogP contribution in [0.15, 0.2) is 54.1 Å². The monoisotopic (exact) mass is 506 g/mol. The Hall–Kier alpha value is -4.51. The Kier molecular flexibility index (Phi) is 6.58. The Morgan fingerprint density at radius 2 is 1.67 bits per heavy atom. The number of anilines is 1. The quantitative estimate of drug-likeness (QED) is 0.177. The minimum atomic E-state index is -0.631. The van der Waals surface area contributed by atoms with Gasteiger partial charge in [-0.15, -0.1) is 0 Å². The maximum atomic E-state index is 13.5. The molecule has 2 aromatic carbocycles. The number of nitro groups is 1. The van der Waals surface area contributed by atoms with Crippen LogP contribution in [-0.2, 0) is 9.59 Å². The molecule has 1 N–H and O–H groups in total. The van der Waals surface area contributed by atoms with Gasteiger partial charge in [0.15, 0.2) is 5.11 Å². The van der Waals surface area contributed by atoms with Gasteiger partial charge in [0.05, 0.1) is 30.5 Å². The minimum Gasteiger partial charge on any atom is -0.495 e. The maximum Gasteiger partial charge on any atom is 0.271 e. The number of ether oxygens (including phenoxy) is 2. The molecule has 11 heteroatoms. The summed E-state index contributed by atoms with van der Waals surface area (Å²) >= 11 is 5.28. The lowest BCUT2D eigenvalue weighted by atomic mass is 10.1. The number of thiocarbonyl (C=S) groups is 1. The molecule has 1 aromatic heterocycles. The molecular weight excluding hydrogens is 484 g/mol. The van der Waals surface area contributed by atoms with Gasteiger partial charge in [0.1, 0.15) is 17.1 Å². The van der Waals surface area contributed by atoms with Crippen LogP contribution >= 0.6 is 12.2 Å². The van der Waals surface area contributed by atoms with Crippen molar-refractivity contribution in [3.63, 3.8) is 0 Å². The highest BCUT2D eigenvalue weighted by Crippen LogP contribution is 2.34. The number of non-ortho nitro benzene ring substituents is 1. The van der Waals surface area contributed by atoms with E-state index in [4.69, 9.17) is 21.7 Å². The van der Waals surface area contributed by atoms with Crippen LogP contribution < -0.4 is 19.7 Å². The molecule has 1 saturated heterocycles. The third kappa shape index (κ3) is 4.20. The third-order valence-electron chi connectivity index (χ3n) is 5.81. The largest absolute Gasteiger partial charge is 0.495 e. The average Bonchev–Trinajstić information content (AvgIpc) is 3.13. The van der Waals surface area contributed by atoms with E-state index in [0.29, 0.717) is 34.1 Å². The van der Waals surface area contributed by atoms with Gasteiger partial charge in [0, 0.05) is 23.5 Å².